The van der Waals surface area contributed by atoms with Crippen LogP contribution in [0, 0.1) is 5.82 Å². The Labute approximate surface area is 181 Å². The van der Waals surface area contributed by atoms with Crippen molar-refractivity contribution < 1.29 is 18.7 Å². The number of nitrogens with one attached hydrogen (secondary N) is 1. The highest BCUT2D eigenvalue weighted by molar-refractivity contribution is 7.99. The van der Waals surface area contributed by atoms with Crippen LogP contribution >= 0.6 is 11.8 Å². The predicted molar refractivity (Wildman–Crippen MR) is 115 cm³/mol. The van der Waals surface area contributed by atoms with Crippen molar-refractivity contribution in [3.63, 3.8) is 0 Å². The Morgan fingerprint density at radius 3 is 2.61 bits per heavy atom. The van der Waals surface area contributed by atoms with E-state index >= 15 is 0 Å². The molecular formula is C21H18FN5O3S. The van der Waals surface area contributed by atoms with Crippen LogP contribution in [0.4, 0.5) is 10.1 Å². The normalized spacial score (nSPS) is 10.8. The van der Waals surface area contributed by atoms with Gasteiger partial charge in [-0.05, 0) is 48.5 Å². The molecule has 2 aromatic heterocycles. The Morgan fingerprint density at radius 2 is 1.87 bits per heavy atom. The van der Waals surface area contributed by atoms with Crippen LogP contribution in [-0.2, 0) is 4.79 Å². The van der Waals surface area contributed by atoms with Gasteiger partial charge in [0.25, 0.3) is 0 Å². The fourth-order valence-corrected chi connectivity index (χ4v) is 3.54. The van der Waals surface area contributed by atoms with E-state index in [1.54, 1.807) is 54.1 Å². The first kappa shape index (κ1) is 20.6. The van der Waals surface area contributed by atoms with E-state index in [-0.39, 0.29) is 17.5 Å². The van der Waals surface area contributed by atoms with Crippen molar-refractivity contribution in [1.29, 1.82) is 0 Å². The Balaban J connectivity index is 1.48. The van der Waals surface area contributed by atoms with Gasteiger partial charge in [-0.3, -0.25) is 4.79 Å². The summed E-state index contributed by atoms with van der Waals surface area (Å²) in [5.41, 5.74) is 2.49. The summed E-state index contributed by atoms with van der Waals surface area (Å²) in [6, 6.07) is 14.7. The first-order valence-electron chi connectivity index (χ1n) is 9.20. The number of rotatable bonds is 7. The van der Waals surface area contributed by atoms with Crippen molar-refractivity contribution in [2.75, 3.05) is 25.3 Å². The molecule has 0 saturated heterocycles. The molecule has 10 heteroatoms. The fraction of sp³-hybridized carbons (Fsp3) is 0.143. The first-order chi connectivity index (χ1) is 15.1. The van der Waals surface area contributed by atoms with Crippen molar-refractivity contribution in [3.05, 3.63) is 60.4 Å². The highest BCUT2D eigenvalue weighted by atomic mass is 32.2. The minimum Gasteiger partial charge on any atom is -0.497 e. The number of ether oxygens (including phenoxy) is 2. The molecule has 0 aliphatic carbocycles. The second-order valence-electron chi connectivity index (χ2n) is 6.38. The number of nitrogens with zero attached hydrogens (tertiary/aromatic N) is 4. The molecule has 31 heavy (non-hydrogen) atoms. The molecule has 0 aliphatic heterocycles. The molecule has 4 rings (SSSR count). The molecule has 2 heterocycles. The predicted octanol–water partition coefficient (Wildman–Crippen LogP) is 3.68. The van der Waals surface area contributed by atoms with Crippen LogP contribution in [0.25, 0.3) is 16.9 Å². The molecule has 8 nitrogen and oxygen atoms in total. The lowest BCUT2D eigenvalue weighted by Crippen LogP contribution is -2.15. The summed E-state index contributed by atoms with van der Waals surface area (Å²) in [6.07, 6.45) is 0. The number of anilines is 1. The topological polar surface area (TPSA) is 90.6 Å². The molecule has 4 aromatic rings. The van der Waals surface area contributed by atoms with Crippen molar-refractivity contribution in [3.8, 4) is 22.8 Å². The van der Waals surface area contributed by atoms with Gasteiger partial charge in [0.15, 0.2) is 5.65 Å². The highest BCUT2D eigenvalue weighted by Gasteiger charge is 2.13. The van der Waals surface area contributed by atoms with Crippen molar-refractivity contribution in [2.24, 2.45) is 0 Å². The summed E-state index contributed by atoms with van der Waals surface area (Å²) in [4.78, 5) is 12.5. The number of aromatic nitrogens is 4. The van der Waals surface area contributed by atoms with Crippen LogP contribution in [-0.4, -0.2) is 45.7 Å². The zero-order valence-corrected chi connectivity index (χ0v) is 17.5. The van der Waals surface area contributed by atoms with E-state index in [4.69, 9.17) is 9.47 Å². The van der Waals surface area contributed by atoms with Gasteiger partial charge in [-0.25, -0.2) is 4.39 Å². The van der Waals surface area contributed by atoms with Crippen molar-refractivity contribution >= 4 is 29.0 Å². The van der Waals surface area contributed by atoms with E-state index < -0.39 is 0 Å². The third kappa shape index (κ3) is 4.58. The van der Waals surface area contributed by atoms with Gasteiger partial charge in [0.2, 0.25) is 11.1 Å². The number of carbonyl (C=O) groups excluding carboxylic acids is 1. The minimum atomic E-state index is -0.315. The lowest BCUT2D eigenvalue weighted by atomic mass is 10.1. The largest absolute Gasteiger partial charge is 0.497 e. The quantitative estimate of drug-likeness (QED) is 0.439. The number of methoxy groups -OCH3 is 2. The van der Waals surface area contributed by atoms with Crippen LogP contribution in [0.1, 0.15) is 0 Å². The molecule has 0 aliphatic rings. The maximum absolute atomic E-state index is 13.2. The van der Waals surface area contributed by atoms with Gasteiger partial charge in [0, 0.05) is 11.6 Å². The maximum Gasteiger partial charge on any atom is 0.234 e. The van der Waals surface area contributed by atoms with E-state index in [9.17, 15) is 9.18 Å². The zero-order valence-electron chi connectivity index (χ0n) is 16.7. The second kappa shape index (κ2) is 9.00. The highest BCUT2D eigenvalue weighted by Crippen LogP contribution is 2.29. The number of hydrogen-bond donors (Lipinski definition) is 1. The summed E-state index contributed by atoms with van der Waals surface area (Å²) in [5.74, 6) is 0.668. The molecule has 0 unspecified atom stereocenters. The van der Waals surface area contributed by atoms with Crippen LogP contribution in [0.15, 0.2) is 59.8 Å². The molecule has 0 atom stereocenters. The number of halogens is 1. The van der Waals surface area contributed by atoms with E-state index in [0.29, 0.717) is 33.7 Å². The van der Waals surface area contributed by atoms with Crippen LogP contribution in [0.2, 0.25) is 0 Å². The summed E-state index contributed by atoms with van der Waals surface area (Å²) in [5, 5.41) is 16.0. The molecule has 0 fully saturated rings. The average molecular weight is 439 g/mol. The molecule has 1 N–H and O–H groups in total. The average Bonchev–Trinajstić information content (AvgIpc) is 3.20. The third-order valence-corrected chi connectivity index (χ3v) is 5.31. The number of amides is 1. The summed E-state index contributed by atoms with van der Waals surface area (Å²) in [7, 11) is 3.08. The Hall–Kier alpha value is -3.66. The molecule has 0 saturated carbocycles. The molecule has 1 amide bonds. The molecule has 0 spiro atoms. The number of hydrogen-bond acceptors (Lipinski definition) is 7. The lowest BCUT2D eigenvalue weighted by Gasteiger charge is -2.11. The van der Waals surface area contributed by atoms with E-state index in [1.807, 2.05) is 0 Å². The molecule has 0 radical (unpaired) electrons. The zero-order chi connectivity index (χ0) is 21.8. The number of carbonyl (C=O) groups is 1. The van der Waals surface area contributed by atoms with E-state index in [1.165, 1.54) is 31.0 Å². The van der Waals surface area contributed by atoms with Gasteiger partial charge in [-0.2, -0.15) is 9.61 Å². The van der Waals surface area contributed by atoms with Gasteiger partial charge >= 0.3 is 0 Å². The maximum atomic E-state index is 13.2. The fourth-order valence-electron chi connectivity index (χ4n) is 2.85. The first-order valence-corrected chi connectivity index (χ1v) is 10.2. The Morgan fingerprint density at radius 1 is 1.06 bits per heavy atom. The summed E-state index contributed by atoms with van der Waals surface area (Å²) in [6.45, 7) is 0. The minimum absolute atomic E-state index is 0.0957. The number of benzene rings is 2. The molecule has 158 valence electrons. The smallest absolute Gasteiger partial charge is 0.234 e. The Kier molecular flexibility index (Phi) is 5.99. The second-order valence-corrected chi connectivity index (χ2v) is 7.32. The van der Waals surface area contributed by atoms with E-state index in [2.05, 4.69) is 20.6 Å². The van der Waals surface area contributed by atoms with E-state index in [0.717, 1.165) is 5.56 Å². The van der Waals surface area contributed by atoms with Crippen LogP contribution < -0.4 is 14.8 Å². The van der Waals surface area contributed by atoms with Crippen molar-refractivity contribution in [2.45, 2.75) is 5.16 Å². The Bertz CT molecular complexity index is 1230. The monoisotopic (exact) mass is 439 g/mol. The van der Waals surface area contributed by atoms with Crippen molar-refractivity contribution in [1.82, 2.24) is 19.8 Å². The summed E-state index contributed by atoms with van der Waals surface area (Å²) < 4.78 is 25.2. The standard InChI is InChI=1S/C21H18FN5O3S/c1-29-15-7-8-17(18(11-15)30-2)23-20(28)12-31-21-25-24-19-10-9-16(26-27(19)21)13-3-5-14(22)6-4-13/h3-11H,12H2,1-2H3,(H,23,28). The number of thioether (sulfide) groups is 1. The van der Waals surface area contributed by atoms with Gasteiger partial charge in [0.05, 0.1) is 31.4 Å². The lowest BCUT2D eigenvalue weighted by molar-refractivity contribution is -0.113. The molecule has 0 bridgehead atoms. The van der Waals surface area contributed by atoms with Crippen LogP contribution in [0.5, 0.6) is 11.5 Å². The van der Waals surface area contributed by atoms with Gasteiger partial charge in [-0.15, -0.1) is 10.2 Å². The van der Waals surface area contributed by atoms with Gasteiger partial charge < -0.3 is 14.8 Å². The SMILES string of the molecule is COc1ccc(NC(=O)CSc2nnc3ccc(-c4ccc(F)cc4)nn23)c(OC)c1. The third-order valence-electron chi connectivity index (χ3n) is 4.39. The van der Waals surface area contributed by atoms with Gasteiger partial charge in [-0.1, -0.05) is 11.8 Å². The molecule has 2 aromatic carbocycles. The van der Waals surface area contributed by atoms with Gasteiger partial charge in [0.1, 0.15) is 17.3 Å². The molecular weight excluding hydrogens is 421 g/mol. The number of fused-ring (bicyclic) bond motifs is 1. The van der Waals surface area contributed by atoms with Crippen LogP contribution in [0.3, 0.4) is 0 Å². The summed E-state index contributed by atoms with van der Waals surface area (Å²) >= 11 is 1.20.